The van der Waals surface area contributed by atoms with E-state index in [-0.39, 0.29) is 0 Å². The average Bonchev–Trinajstić information content (AvgIpc) is 3.19. The van der Waals surface area contributed by atoms with Crippen LogP contribution in [0, 0.1) is 0 Å². The number of benzene rings is 4. The second-order valence-electron chi connectivity index (χ2n) is 6.51. The molecule has 0 spiro atoms. The molecule has 2 heteroatoms. The van der Waals surface area contributed by atoms with E-state index in [0.717, 1.165) is 22.2 Å². The molecule has 5 rings (SSSR count). The van der Waals surface area contributed by atoms with E-state index in [9.17, 15) is 0 Å². The maximum atomic E-state index is 5.91. The van der Waals surface area contributed by atoms with Crippen molar-refractivity contribution in [3.8, 4) is 33.7 Å². The maximum absolute atomic E-state index is 5.91. The molecule has 5 aromatic rings. The van der Waals surface area contributed by atoms with Crippen molar-refractivity contribution in [1.29, 1.82) is 0 Å². The van der Waals surface area contributed by atoms with Crippen molar-refractivity contribution in [2.24, 2.45) is 0 Å². The Morgan fingerprint density at radius 3 is 1.85 bits per heavy atom. The third-order valence-electron chi connectivity index (χ3n) is 4.73. The SMILES string of the molecule is c1ccc(-c2ccc(-c3cccc(-c4nc5ccccc5o4)c3)cc2)cc1. The first-order valence-corrected chi connectivity index (χ1v) is 8.99. The molecule has 0 aliphatic rings. The van der Waals surface area contributed by atoms with Gasteiger partial charge < -0.3 is 4.42 Å². The summed E-state index contributed by atoms with van der Waals surface area (Å²) in [6.07, 6.45) is 0. The molecule has 0 saturated heterocycles. The lowest BCUT2D eigenvalue weighted by Crippen LogP contribution is -1.82. The number of para-hydroxylation sites is 2. The van der Waals surface area contributed by atoms with Crippen LogP contribution in [0.15, 0.2) is 108 Å². The van der Waals surface area contributed by atoms with Gasteiger partial charge in [-0.25, -0.2) is 4.98 Å². The molecule has 0 atom stereocenters. The standard InChI is InChI=1S/C25H17NO/c1-2-7-18(8-3-1)19-13-15-20(16-14-19)21-9-6-10-22(17-21)25-26-23-11-4-5-12-24(23)27-25/h1-17H. The summed E-state index contributed by atoms with van der Waals surface area (Å²) < 4.78 is 5.91. The predicted octanol–water partition coefficient (Wildman–Crippen LogP) is 6.83. The zero-order valence-corrected chi connectivity index (χ0v) is 14.7. The zero-order chi connectivity index (χ0) is 18.1. The fourth-order valence-electron chi connectivity index (χ4n) is 3.31. The second kappa shape index (κ2) is 6.58. The van der Waals surface area contributed by atoms with Crippen molar-refractivity contribution < 1.29 is 4.42 Å². The van der Waals surface area contributed by atoms with Gasteiger partial charge in [0.05, 0.1) is 0 Å². The molecule has 4 aromatic carbocycles. The summed E-state index contributed by atoms with van der Waals surface area (Å²) in [5, 5.41) is 0. The van der Waals surface area contributed by atoms with Crippen molar-refractivity contribution in [2.45, 2.75) is 0 Å². The molecular weight excluding hydrogens is 330 g/mol. The van der Waals surface area contributed by atoms with E-state index in [4.69, 9.17) is 4.42 Å². The van der Waals surface area contributed by atoms with Gasteiger partial charge in [-0.1, -0.05) is 78.9 Å². The summed E-state index contributed by atoms with van der Waals surface area (Å²) >= 11 is 0. The summed E-state index contributed by atoms with van der Waals surface area (Å²) in [4.78, 5) is 4.60. The number of rotatable bonds is 3. The van der Waals surface area contributed by atoms with Crippen molar-refractivity contribution in [3.63, 3.8) is 0 Å². The Balaban J connectivity index is 1.50. The third kappa shape index (κ3) is 3.02. The van der Waals surface area contributed by atoms with Gasteiger partial charge in [-0.2, -0.15) is 0 Å². The quantitative estimate of drug-likeness (QED) is 0.357. The molecule has 0 fully saturated rings. The highest BCUT2D eigenvalue weighted by Crippen LogP contribution is 2.29. The number of hydrogen-bond acceptors (Lipinski definition) is 2. The first-order valence-electron chi connectivity index (χ1n) is 8.99. The molecular formula is C25H17NO. The Morgan fingerprint density at radius 2 is 1.07 bits per heavy atom. The van der Waals surface area contributed by atoms with Crippen LogP contribution in [0.5, 0.6) is 0 Å². The molecule has 0 bridgehead atoms. The second-order valence-corrected chi connectivity index (χ2v) is 6.51. The highest BCUT2D eigenvalue weighted by Gasteiger charge is 2.09. The van der Waals surface area contributed by atoms with Gasteiger partial charge in [0.2, 0.25) is 5.89 Å². The van der Waals surface area contributed by atoms with E-state index < -0.39 is 0 Å². The molecule has 0 aliphatic carbocycles. The predicted molar refractivity (Wildman–Crippen MR) is 110 cm³/mol. The minimum absolute atomic E-state index is 0.652. The number of hydrogen-bond donors (Lipinski definition) is 0. The van der Waals surface area contributed by atoms with Crippen LogP contribution in [-0.2, 0) is 0 Å². The van der Waals surface area contributed by atoms with E-state index in [1.165, 1.54) is 16.7 Å². The van der Waals surface area contributed by atoms with Gasteiger partial charge >= 0.3 is 0 Å². The van der Waals surface area contributed by atoms with Crippen molar-refractivity contribution in [2.75, 3.05) is 0 Å². The van der Waals surface area contributed by atoms with Gasteiger partial charge in [0.25, 0.3) is 0 Å². The first kappa shape index (κ1) is 15.6. The molecule has 0 unspecified atom stereocenters. The smallest absolute Gasteiger partial charge is 0.227 e. The van der Waals surface area contributed by atoms with Crippen LogP contribution in [-0.4, -0.2) is 4.98 Å². The lowest BCUT2D eigenvalue weighted by atomic mass is 9.99. The molecule has 27 heavy (non-hydrogen) atoms. The van der Waals surface area contributed by atoms with Gasteiger partial charge in [0, 0.05) is 5.56 Å². The summed E-state index contributed by atoms with van der Waals surface area (Å²) in [5.41, 5.74) is 7.44. The lowest BCUT2D eigenvalue weighted by Gasteiger charge is -2.06. The molecule has 0 radical (unpaired) electrons. The van der Waals surface area contributed by atoms with Crippen LogP contribution in [0.3, 0.4) is 0 Å². The van der Waals surface area contributed by atoms with Crippen LogP contribution in [0.4, 0.5) is 0 Å². The maximum Gasteiger partial charge on any atom is 0.227 e. The lowest BCUT2D eigenvalue weighted by molar-refractivity contribution is 0.620. The molecule has 1 aromatic heterocycles. The summed E-state index contributed by atoms with van der Waals surface area (Å²) in [5.74, 6) is 0.652. The molecule has 0 saturated carbocycles. The molecule has 0 amide bonds. The van der Waals surface area contributed by atoms with Crippen LogP contribution in [0.1, 0.15) is 0 Å². The van der Waals surface area contributed by atoms with E-state index in [0.29, 0.717) is 5.89 Å². The van der Waals surface area contributed by atoms with Crippen molar-refractivity contribution in [1.82, 2.24) is 4.98 Å². The summed E-state index contributed by atoms with van der Waals surface area (Å²) in [7, 11) is 0. The highest BCUT2D eigenvalue weighted by atomic mass is 16.3. The first-order chi connectivity index (χ1) is 13.4. The topological polar surface area (TPSA) is 26.0 Å². The number of nitrogens with zero attached hydrogens (tertiary/aromatic N) is 1. The Bertz CT molecular complexity index is 1170. The Labute approximate surface area is 157 Å². The summed E-state index contributed by atoms with van der Waals surface area (Å²) in [6, 6.07) is 35.2. The van der Waals surface area contributed by atoms with Crippen LogP contribution in [0.25, 0.3) is 44.8 Å². The Kier molecular flexibility index (Phi) is 3.80. The van der Waals surface area contributed by atoms with Gasteiger partial charge in [-0.3, -0.25) is 0 Å². The van der Waals surface area contributed by atoms with Gasteiger partial charge in [0.15, 0.2) is 5.58 Å². The van der Waals surface area contributed by atoms with Crippen LogP contribution < -0.4 is 0 Å². The average molecular weight is 347 g/mol. The minimum Gasteiger partial charge on any atom is -0.436 e. The highest BCUT2D eigenvalue weighted by molar-refractivity contribution is 5.78. The van der Waals surface area contributed by atoms with E-state index in [2.05, 4.69) is 65.6 Å². The normalized spacial score (nSPS) is 11.0. The zero-order valence-electron chi connectivity index (χ0n) is 14.7. The fraction of sp³-hybridized carbons (Fsp3) is 0. The van der Waals surface area contributed by atoms with E-state index in [1.54, 1.807) is 0 Å². The van der Waals surface area contributed by atoms with Gasteiger partial charge in [-0.15, -0.1) is 0 Å². The minimum atomic E-state index is 0.652. The number of aromatic nitrogens is 1. The number of fused-ring (bicyclic) bond motifs is 1. The Morgan fingerprint density at radius 1 is 0.481 bits per heavy atom. The largest absolute Gasteiger partial charge is 0.436 e. The van der Waals surface area contributed by atoms with Gasteiger partial charge in [0.1, 0.15) is 5.52 Å². The van der Waals surface area contributed by atoms with E-state index >= 15 is 0 Å². The summed E-state index contributed by atoms with van der Waals surface area (Å²) in [6.45, 7) is 0. The monoisotopic (exact) mass is 347 g/mol. The third-order valence-corrected chi connectivity index (χ3v) is 4.73. The van der Waals surface area contributed by atoms with E-state index in [1.807, 2.05) is 42.5 Å². The molecule has 0 aliphatic heterocycles. The Hall–Kier alpha value is -3.65. The molecule has 1 heterocycles. The van der Waals surface area contributed by atoms with Crippen molar-refractivity contribution >= 4 is 11.1 Å². The molecule has 128 valence electrons. The number of oxazole rings is 1. The van der Waals surface area contributed by atoms with Crippen LogP contribution in [0.2, 0.25) is 0 Å². The van der Waals surface area contributed by atoms with Gasteiger partial charge in [-0.05, 0) is 46.5 Å². The molecule has 0 N–H and O–H groups in total. The fourth-order valence-corrected chi connectivity index (χ4v) is 3.31. The van der Waals surface area contributed by atoms with Crippen LogP contribution >= 0.6 is 0 Å². The molecule has 2 nitrogen and oxygen atoms in total. The van der Waals surface area contributed by atoms with Crippen molar-refractivity contribution in [3.05, 3.63) is 103 Å².